The zero-order valence-corrected chi connectivity index (χ0v) is 8.46. The summed E-state index contributed by atoms with van der Waals surface area (Å²) >= 11 is 5.83. The van der Waals surface area contributed by atoms with Gasteiger partial charge in [-0.2, -0.15) is 0 Å². The molecule has 0 aliphatic heterocycles. The third-order valence-corrected chi connectivity index (χ3v) is 2.53. The zero-order valence-electron chi connectivity index (χ0n) is 7.70. The predicted octanol–water partition coefficient (Wildman–Crippen LogP) is 2.72. The largest absolute Gasteiger partial charge is 0.354 e. The second-order valence-corrected chi connectivity index (χ2v) is 3.72. The molecule has 3 heteroatoms. The van der Waals surface area contributed by atoms with E-state index in [1.54, 1.807) is 0 Å². The SMILES string of the molecule is CCN(c1cccc(Cl)n1)C1CC1. The van der Waals surface area contributed by atoms with Gasteiger partial charge in [-0.15, -0.1) is 0 Å². The number of rotatable bonds is 3. The van der Waals surface area contributed by atoms with Crippen LogP contribution in [0, 0.1) is 0 Å². The molecule has 0 aromatic carbocycles. The molecule has 1 aliphatic rings. The molecule has 0 N–H and O–H groups in total. The van der Waals surface area contributed by atoms with E-state index in [9.17, 15) is 0 Å². The van der Waals surface area contributed by atoms with Gasteiger partial charge in [-0.1, -0.05) is 17.7 Å². The molecule has 0 bridgehead atoms. The van der Waals surface area contributed by atoms with Gasteiger partial charge in [0.25, 0.3) is 0 Å². The van der Waals surface area contributed by atoms with E-state index in [0.717, 1.165) is 12.4 Å². The Bertz CT molecular complexity index is 297. The standard InChI is InChI=1S/C10H13ClN2/c1-2-13(8-6-7-8)10-5-3-4-9(11)12-10/h3-5,8H,2,6-7H2,1H3. The van der Waals surface area contributed by atoms with Gasteiger partial charge < -0.3 is 4.90 Å². The maximum atomic E-state index is 5.83. The monoisotopic (exact) mass is 196 g/mol. The smallest absolute Gasteiger partial charge is 0.131 e. The van der Waals surface area contributed by atoms with Gasteiger partial charge in [0.15, 0.2) is 0 Å². The predicted molar refractivity (Wildman–Crippen MR) is 55.3 cm³/mol. The average Bonchev–Trinajstić information content (AvgIpc) is 2.90. The third-order valence-electron chi connectivity index (χ3n) is 2.32. The van der Waals surface area contributed by atoms with Crippen molar-refractivity contribution >= 4 is 17.4 Å². The fourth-order valence-corrected chi connectivity index (χ4v) is 1.71. The zero-order chi connectivity index (χ0) is 9.26. The van der Waals surface area contributed by atoms with Crippen LogP contribution in [0.1, 0.15) is 19.8 Å². The Morgan fingerprint density at radius 2 is 2.31 bits per heavy atom. The Morgan fingerprint density at radius 1 is 1.54 bits per heavy atom. The highest BCUT2D eigenvalue weighted by molar-refractivity contribution is 6.29. The van der Waals surface area contributed by atoms with E-state index >= 15 is 0 Å². The van der Waals surface area contributed by atoms with E-state index in [1.165, 1.54) is 12.8 Å². The Labute approximate surface area is 83.5 Å². The van der Waals surface area contributed by atoms with Crippen molar-refractivity contribution in [3.8, 4) is 0 Å². The van der Waals surface area contributed by atoms with Crippen molar-refractivity contribution < 1.29 is 0 Å². The van der Waals surface area contributed by atoms with Crippen molar-refractivity contribution in [1.29, 1.82) is 0 Å². The van der Waals surface area contributed by atoms with Crippen LogP contribution in [-0.4, -0.2) is 17.6 Å². The molecule has 1 saturated carbocycles. The molecule has 0 unspecified atom stereocenters. The molecular weight excluding hydrogens is 184 g/mol. The minimum atomic E-state index is 0.580. The minimum Gasteiger partial charge on any atom is -0.354 e. The summed E-state index contributed by atoms with van der Waals surface area (Å²) in [5.41, 5.74) is 0. The van der Waals surface area contributed by atoms with E-state index in [0.29, 0.717) is 11.2 Å². The molecule has 0 atom stereocenters. The fraction of sp³-hybridized carbons (Fsp3) is 0.500. The molecule has 1 aromatic rings. The van der Waals surface area contributed by atoms with Gasteiger partial charge in [0.2, 0.25) is 0 Å². The Kier molecular flexibility index (Phi) is 2.40. The van der Waals surface area contributed by atoms with Crippen LogP contribution in [-0.2, 0) is 0 Å². The lowest BCUT2D eigenvalue weighted by Gasteiger charge is -2.21. The molecule has 70 valence electrons. The number of hydrogen-bond acceptors (Lipinski definition) is 2. The van der Waals surface area contributed by atoms with Gasteiger partial charge >= 0.3 is 0 Å². The highest BCUT2D eigenvalue weighted by Crippen LogP contribution is 2.30. The first-order chi connectivity index (χ1) is 6.31. The molecule has 1 fully saturated rings. The molecule has 13 heavy (non-hydrogen) atoms. The fourth-order valence-electron chi connectivity index (χ4n) is 1.55. The molecule has 0 saturated heterocycles. The van der Waals surface area contributed by atoms with E-state index < -0.39 is 0 Å². The molecule has 1 aliphatic carbocycles. The van der Waals surface area contributed by atoms with E-state index in [2.05, 4.69) is 16.8 Å². The second kappa shape index (κ2) is 3.54. The average molecular weight is 197 g/mol. The van der Waals surface area contributed by atoms with Crippen LogP contribution >= 0.6 is 11.6 Å². The van der Waals surface area contributed by atoms with E-state index in [-0.39, 0.29) is 0 Å². The topological polar surface area (TPSA) is 16.1 Å². The lowest BCUT2D eigenvalue weighted by molar-refractivity contribution is 0.809. The molecule has 2 rings (SSSR count). The number of halogens is 1. The first-order valence-electron chi connectivity index (χ1n) is 4.70. The van der Waals surface area contributed by atoms with Crippen molar-refractivity contribution in [2.24, 2.45) is 0 Å². The summed E-state index contributed by atoms with van der Waals surface area (Å²) in [6, 6.07) is 6.49. The van der Waals surface area contributed by atoms with Gasteiger partial charge in [0, 0.05) is 12.6 Å². The summed E-state index contributed by atoms with van der Waals surface area (Å²) in [4.78, 5) is 6.61. The molecule has 0 amide bonds. The summed E-state index contributed by atoms with van der Waals surface area (Å²) in [6.45, 7) is 3.17. The van der Waals surface area contributed by atoms with E-state index in [4.69, 9.17) is 11.6 Å². The lowest BCUT2D eigenvalue weighted by Crippen LogP contribution is -2.25. The van der Waals surface area contributed by atoms with Gasteiger partial charge in [-0.05, 0) is 31.9 Å². The molecule has 0 spiro atoms. The van der Waals surface area contributed by atoms with Gasteiger partial charge in [0.05, 0.1) is 0 Å². The maximum absolute atomic E-state index is 5.83. The highest BCUT2D eigenvalue weighted by Gasteiger charge is 2.28. The Balaban J connectivity index is 2.21. The summed E-state index contributed by atoms with van der Waals surface area (Å²) in [5.74, 6) is 1.01. The van der Waals surface area contributed by atoms with Crippen LogP contribution in [0.25, 0.3) is 0 Å². The van der Waals surface area contributed by atoms with Crippen molar-refractivity contribution in [2.45, 2.75) is 25.8 Å². The quantitative estimate of drug-likeness (QED) is 0.692. The van der Waals surface area contributed by atoms with Crippen molar-refractivity contribution in [1.82, 2.24) is 4.98 Å². The molecule has 2 nitrogen and oxygen atoms in total. The highest BCUT2D eigenvalue weighted by atomic mass is 35.5. The maximum Gasteiger partial charge on any atom is 0.131 e. The second-order valence-electron chi connectivity index (χ2n) is 3.34. The summed E-state index contributed by atoms with van der Waals surface area (Å²) in [6.07, 6.45) is 2.59. The molecular formula is C10H13ClN2. The van der Waals surface area contributed by atoms with Gasteiger partial charge in [0.1, 0.15) is 11.0 Å². The first-order valence-corrected chi connectivity index (χ1v) is 5.08. The molecule has 1 aromatic heterocycles. The number of anilines is 1. The summed E-state index contributed by atoms with van der Waals surface area (Å²) < 4.78 is 0. The van der Waals surface area contributed by atoms with E-state index in [1.807, 2.05) is 18.2 Å². The van der Waals surface area contributed by atoms with Crippen molar-refractivity contribution in [3.63, 3.8) is 0 Å². The van der Waals surface area contributed by atoms with Crippen LogP contribution < -0.4 is 4.90 Å². The van der Waals surface area contributed by atoms with Gasteiger partial charge in [-0.25, -0.2) is 4.98 Å². The summed E-state index contributed by atoms with van der Waals surface area (Å²) in [7, 11) is 0. The minimum absolute atomic E-state index is 0.580. The third kappa shape index (κ3) is 1.94. The van der Waals surface area contributed by atoms with Crippen molar-refractivity contribution in [2.75, 3.05) is 11.4 Å². The number of pyridine rings is 1. The molecule has 0 radical (unpaired) electrons. The van der Waals surface area contributed by atoms with Crippen LogP contribution in [0.3, 0.4) is 0 Å². The Hall–Kier alpha value is -0.760. The van der Waals surface area contributed by atoms with Crippen LogP contribution in [0.15, 0.2) is 18.2 Å². The van der Waals surface area contributed by atoms with Gasteiger partial charge in [-0.3, -0.25) is 0 Å². The number of hydrogen-bond donors (Lipinski definition) is 0. The normalized spacial score (nSPS) is 15.8. The first kappa shape index (κ1) is 8.82. The van der Waals surface area contributed by atoms with Crippen LogP contribution in [0.5, 0.6) is 0 Å². The molecule has 1 heterocycles. The van der Waals surface area contributed by atoms with Crippen LogP contribution in [0.2, 0.25) is 5.15 Å². The summed E-state index contributed by atoms with van der Waals surface area (Å²) in [5, 5.41) is 0.580. The number of nitrogens with zero attached hydrogens (tertiary/aromatic N) is 2. The number of aromatic nitrogens is 1. The van der Waals surface area contributed by atoms with Crippen LogP contribution in [0.4, 0.5) is 5.82 Å². The Morgan fingerprint density at radius 3 is 2.85 bits per heavy atom. The van der Waals surface area contributed by atoms with Crippen molar-refractivity contribution in [3.05, 3.63) is 23.4 Å². The lowest BCUT2D eigenvalue weighted by atomic mass is 10.4.